The van der Waals surface area contributed by atoms with E-state index in [1.165, 1.54) is 0 Å². The van der Waals surface area contributed by atoms with E-state index < -0.39 is 0 Å². The summed E-state index contributed by atoms with van der Waals surface area (Å²) in [6, 6.07) is 25.9. The average Bonchev–Trinajstić information content (AvgIpc) is 2.73. The predicted octanol–water partition coefficient (Wildman–Crippen LogP) is 6.31. The summed E-state index contributed by atoms with van der Waals surface area (Å²) in [6.45, 7) is 4.18. The molecule has 0 fully saturated rings. The lowest BCUT2D eigenvalue weighted by molar-refractivity contribution is 0.280. The Morgan fingerprint density at radius 2 is 1.46 bits per heavy atom. The summed E-state index contributed by atoms with van der Waals surface area (Å²) in [7, 11) is 0. The van der Waals surface area contributed by atoms with Crippen LogP contribution in [0.15, 0.2) is 78.9 Å². The SMILES string of the molecule is CC(C)c1nc2ccccc2c(-c2ccc(Oc3ccccc3)cc2)c1CO. The second-order valence-corrected chi connectivity index (χ2v) is 7.12. The topological polar surface area (TPSA) is 42.4 Å². The summed E-state index contributed by atoms with van der Waals surface area (Å²) >= 11 is 0. The lowest BCUT2D eigenvalue weighted by atomic mass is 9.91. The summed E-state index contributed by atoms with van der Waals surface area (Å²) in [5.41, 5.74) is 4.88. The zero-order valence-corrected chi connectivity index (χ0v) is 16.1. The number of hydrogen-bond acceptors (Lipinski definition) is 3. The van der Waals surface area contributed by atoms with Gasteiger partial charge in [0, 0.05) is 16.6 Å². The highest BCUT2D eigenvalue weighted by molar-refractivity contribution is 5.96. The zero-order chi connectivity index (χ0) is 19.5. The molecule has 1 heterocycles. The quantitative estimate of drug-likeness (QED) is 0.448. The smallest absolute Gasteiger partial charge is 0.127 e. The molecule has 1 N–H and O–H groups in total. The molecule has 0 atom stereocenters. The van der Waals surface area contributed by atoms with Crippen LogP contribution in [-0.2, 0) is 6.61 Å². The van der Waals surface area contributed by atoms with Gasteiger partial charge in [-0.1, -0.05) is 62.4 Å². The number of para-hydroxylation sites is 2. The normalized spacial score (nSPS) is 11.1. The number of rotatable bonds is 5. The number of ether oxygens (including phenoxy) is 1. The lowest BCUT2D eigenvalue weighted by Crippen LogP contribution is -2.04. The van der Waals surface area contributed by atoms with Gasteiger partial charge < -0.3 is 9.84 Å². The van der Waals surface area contributed by atoms with Crippen molar-refractivity contribution < 1.29 is 9.84 Å². The molecule has 0 aliphatic heterocycles. The average molecular weight is 369 g/mol. The number of aliphatic hydroxyl groups excluding tert-OH is 1. The van der Waals surface area contributed by atoms with Gasteiger partial charge in [-0.25, -0.2) is 0 Å². The molecule has 0 spiro atoms. The van der Waals surface area contributed by atoms with Gasteiger partial charge in [-0.3, -0.25) is 4.98 Å². The van der Waals surface area contributed by atoms with Crippen molar-refractivity contribution in [3.8, 4) is 22.6 Å². The van der Waals surface area contributed by atoms with Gasteiger partial charge in [-0.2, -0.15) is 0 Å². The highest BCUT2D eigenvalue weighted by Crippen LogP contribution is 2.36. The molecule has 0 aliphatic rings. The molecule has 1 aromatic heterocycles. The minimum absolute atomic E-state index is 0.0387. The maximum atomic E-state index is 10.2. The predicted molar refractivity (Wildman–Crippen MR) is 114 cm³/mol. The monoisotopic (exact) mass is 369 g/mol. The van der Waals surface area contributed by atoms with Gasteiger partial charge in [0.05, 0.1) is 12.1 Å². The van der Waals surface area contributed by atoms with E-state index in [4.69, 9.17) is 9.72 Å². The van der Waals surface area contributed by atoms with Crippen LogP contribution in [0.1, 0.15) is 31.0 Å². The number of aliphatic hydroxyl groups is 1. The van der Waals surface area contributed by atoms with E-state index in [0.717, 1.165) is 44.8 Å². The van der Waals surface area contributed by atoms with Crippen molar-refractivity contribution in [2.75, 3.05) is 0 Å². The first-order chi connectivity index (χ1) is 13.7. The number of benzene rings is 3. The maximum absolute atomic E-state index is 10.2. The Bertz CT molecular complexity index is 1090. The van der Waals surface area contributed by atoms with Gasteiger partial charge in [-0.05, 0) is 47.4 Å². The molecule has 4 aromatic rings. The number of pyridine rings is 1. The van der Waals surface area contributed by atoms with Crippen LogP contribution in [0, 0.1) is 0 Å². The van der Waals surface area contributed by atoms with Gasteiger partial charge in [0.1, 0.15) is 11.5 Å². The molecule has 3 aromatic carbocycles. The van der Waals surface area contributed by atoms with Crippen molar-refractivity contribution in [3.63, 3.8) is 0 Å². The second-order valence-electron chi connectivity index (χ2n) is 7.12. The summed E-state index contributed by atoms with van der Waals surface area (Å²) in [5, 5.41) is 11.2. The zero-order valence-electron chi connectivity index (χ0n) is 16.1. The van der Waals surface area contributed by atoms with Crippen LogP contribution in [0.5, 0.6) is 11.5 Å². The molecular formula is C25H23NO2. The van der Waals surface area contributed by atoms with E-state index in [9.17, 15) is 5.11 Å². The Balaban J connectivity index is 1.82. The van der Waals surface area contributed by atoms with Gasteiger partial charge in [-0.15, -0.1) is 0 Å². The molecule has 0 saturated heterocycles. The molecule has 0 aliphatic carbocycles. The van der Waals surface area contributed by atoms with Gasteiger partial charge in [0.15, 0.2) is 0 Å². The fourth-order valence-corrected chi connectivity index (χ4v) is 3.55. The van der Waals surface area contributed by atoms with E-state index in [1.54, 1.807) is 0 Å². The molecule has 28 heavy (non-hydrogen) atoms. The Labute approximate surface area is 165 Å². The largest absolute Gasteiger partial charge is 0.457 e. The highest BCUT2D eigenvalue weighted by atomic mass is 16.5. The van der Waals surface area contributed by atoms with E-state index in [-0.39, 0.29) is 12.5 Å². The van der Waals surface area contributed by atoms with Gasteiger partial charge in [0.2, 0.25) is 0 Å². The highest BCUT2D eigenvalue weighted by Gasteiger charge is 2.18. The molecule has 0 amide bonds. The Kier molecular flexibility index (Phi) is 5.09. The molecule has 0 bridgehead atoms. The first-order valence-corrected chi connectivity index (χ1v) is 9.53. The third kappa shape index (κ3) is 3.49. The fourth-order valence-electron chi connectivity index (χ4n) is 3.55. The number of hydrogen-bond donors (Lipinski definition) is 1. The van der Waals surface area contributed by atoms with Crippen LogP contribution in [0.2, 0.25) is 0 Å². The summed E-state index contributed by atoms with van der Waals surface area (Å²) in [5.74, 6) is 1.82. The standard InChI is InChI=1S/C25H23NO2/c1-17(2)25-22(16-27)24(21-10-6-7-11-23(21)26-25)18-12-14-20(15-13-18)28-19-8-4-3-5-9-19/h3-15,17,27H,16H2,1-2H3. The van der Waals surface area contributed by atoms with E-state index in [0.29, 0.717) is 0 Å². The molecule has 140 valence electrons. The number of fused-ring (bicyclic) bond motifs is 1. The first-order valence-electron chi connectivity index (χ1n) is 9.53. The maximum Gasteiger partial charge on any atom is 0.127 e. The lowest BCUT2D eigenvalue weighted by Gasteiger charge is -2.18. The van der Waals surface area contributed by atoms with Gasteiger partial charge in [0.25, 0.3) is 0 Å². The van der Waals surface area contributed by atoms with Crippen LogP contribution in [0.3, 0.4) is 0 Å². The van der Waals surface area contributed by atoms with Gasteiger partial charge >= 0.3 is 0 Å². The molecule has 0 unspecified atom stereocenters. The molecule has 3 heteroatoms. The van der Waals surface area contributed by atoms with Crippen molar-refractivity contribution in [3.05, 3.63) is 90.1 Å². The van der Waals surface area contributed by atoms with Crippen molar-refractivity contribution in [1.29, 1.82) is 0 Å². The van der Waals surface area contributed by atoms with Crippen LogP contribution >= 0.6 is 0 Å². The second kappa shape index (κ2) is 7.83. The minimum atomic E-state index is -0.0387. The Morgan fingerprint density at radius 1 is 0.821 bits per heavy atom. The van der Waals surface area contributed by atoms with Crippen molar-refractivity contribution >= 4 is 10.9 Å². The fraction of sp³-hybridized carbons (Fsp3) is 0.160. The van der Waals surface area contributed by atoms with Crippen LogP contribution in [-0.4, -0.2) is 10.1 Å². The molecule has 0 radical (unpaired) electrons. The van der Waals surface area contributed by atoms with Crippen LogP contribution < -0.4 is 4.74 Å². The molecule has 4 rings (SSSR count). The third-order valence-electron chi connectivity index (χ3n) is 4.85. The summed E-state index contributed by atoms with van der Waals surface area (Å²) in [4.78, 5) is 4.82. The molecular weight excluding hydrogens is 346 g/mol. The summed E-state index contributed by atoms with van der Waals surface area (Å²) in [6.07, 6.45) is 0. The van der Waals surface area contributed by atoms with Crippen LogP contribution in [0.25, 0.3) is 22.0 Å². The van der Waals surface area contributed by atoms with Crippen molar-refractivity contribution in [2.24, 2.45) is 0 Å². The summed E-state index contributed by atoms with van der Waals surface area (Å²) < 4.78 is 5.91. The van der Waals surface area contributed by atoms with Crippen molar-refractivity contribution in [2.45, 2.75) is 26.4 Å². The minimum Gasteiger partial charge on any atom is -0.457 e. The van der Waals surface area contributed by atoms with Crippen molar-refractivity contribution in [1.82, 2.24) is 4.98 Å². The van der Waals surface area contributed by atoms with E-state index in [2.05, 4.69) is 19.9 Å². The van der Waals surface area contributed by atoms with Crippen LogP contribution in [0.4, 0.5) is 0 Å². The Morgan fingerprint density at radius 3 is 2.14 bits per heavy atom. The third-order valence-corrected chi connectivity index (χ3v) is 4.85. The number of aromatic nitrogens is 1. The van der Waals surface area contributed by atoms with E-state index in [1.807, 2.05) is 72.8 Å². The molecule has 3 nitrogen and oxygen atoms in total. The first kappa shape index (κ1) is 18.2. The molecule has 0 saturated carbocycles. The Hall–Kier alpha value is -3.17. The number of nitrogens with zero attached hydrogens (tertiary/aromatic N) is 1. The van der Waals surface area contributed by atoms with E-state index >= 15 is 0 Å².